The lowest BCUT2D eigenvalue weighted by molar-refractivity contribution is -0.121. The van der Waals surface area contributed by atoms with Gasteiger partial charge in [-0.05, 0) is 45.2 Å². The van der Waals surface area contributed by atoms with Gasteiger partial charge < -0.3 is 15.5 Å². The van der Waals surface area contributed by atoms with Crippen LogP contribution in [0.1, 0.15) is 47.5 Å². The molecule has 228 valence electrons. The number of hydrogen-bond donors (Lipinski definition) is 1. The number of allylic oxidation sites excluding steroid dienone is 5. The molecule has 1 aromatic rings. The zero-order chi connectivity index (χ0) is 31.5. The van der Waals surface area contributed by atoms with Crippen molar-refractivity contribution in [2.24, 2.45) is 23.5 Å². The molecule has 2 aliphatic heterocycles. The number of fused-ring (bicyclic) bond motifs is 1. The van der Waals surface area contributed by atoms with Gasteiger partial charge in [0.25, 0.3) is 0 Å². The van der Waals surface area contributed by atoms with Crippen LogP contribution in [0.3, 0.4) is 0 Å². The summed E-state index contributed by atoms with van der Waals surface area (Å²) in [5, 5.41) is 0. The summed E-state index contributed by atoms with van der Waals surface area (Å²) in [6.45, 7) is 16.2. The molecule has 2 aliphatic rings. The number of carbonyl (C=O) groups excluding carboxylic acids is 2. The van der Waals surface area contributed by atoms with Gasteiger partial charge >= 0.3 is 6.18 Å². The fraction of sp³-hybridized carbons (Fsp3) is 0.469. The van der Waals surface area contributed by atoms with E-state index in [4.69, 9.17) is 10.7 Å². The van der Waals surface area contributed by atoms with E-state index < -0.39 is 36.6 Å². The van der Waals surface area contributed by atoms with E-state index in [1.165, 1.54) is 4.90 Å². The van der Waals surface area contributed by atoms with E-state index >= 15 is 0 Å². The molecule has 0 bridgehead atoms. The molecule has 10 heteroatoms. The van der Waals surface area contributed by atoms with Gasteiger partial charge in [0, 0.05) is 31.0 Å². The van der Waals surface area contributed by atoms with E-state index in [2.05, 4.69) is 13.2 Å². The molecule has 1 aromatic heterocycles. The minimum atomic E-state index is -4.46. The first-order valence-electron chi connectivity index (χ1n) is 14.1. The van der Waals surface area contributed by atoms with Crippen LogP contribution in [0.4, 0.5) is 30.5 Å². The summed E-state index contributed by atoms with van der Waals surface area (Å²) in [4.78, 5) is 34.3. The Hall–Kier alpha value is -3.82. The highest BCUT2D eigenvalue weighted by Gasteiger charge is 2.48. The van der Waals surface area contributed by atoms with E-state index in [1.807, 2.05) is 52.0 Å². The Morgan fingerprint density at radius 1 is 1.21 bits per heavy atom. The number of anilines is 3. The number of rotatable bonds is 10. The van der Waals surface area contributed by atoms with Crippen LogP contribution in [0.2, 0.25) is 0 Å². The summed E-state index contributed by atoms with van der Waals surface area (Å²) in [5.41, 5.74) is 8.33. The average molecular weight is 586 g/mol. The molecule has 2 amide bonds. The Balaban J connectivity index is 2.10. The third-order valence-electron chi connectivity index (χ3n) is 8.28. The standard InChI is InChI=1S/C32H42F3N5O2/c1-19(2)20(3)12-9-10-14-25-29(21(4)13-11-15-27(36)41)22(5)31(42)40(25)28-17-16-26-30(37-28)39(18-32(33,34)35)24(7)23(6)38(26)8/h10-14,16-17,21-22,24-25,29H,1,6,9,15,18H2,2-5,7-8H3,(H2,36,41)/b13-11-,14-10+,20-12+/t21-,22?,24?,25?,29-/m1/s1. The lowest BCUT2D eigenvalue weighted by Gasteiger charge is -2.43. The number of hydrogen-bond acceptors (Lipinski definition) is 5. The minimum Gasteiger partial charge on any atom is -0.369 e. The first-order chi connectivity index (χ1) is 19.5. The number of likely N-dealkylation sites (N-methyl/N-ethyl adjacent to an activating group) is 1. The summed E-state index contributed by atoms with van der Waals surface area (Å²) in [6.07, 6.45) is 5.85. The van der Waals surface area contributed by atoms with Gasteiger partial charge in [0.15, 0.2) is 5.82 Å². The maximum absolute atomic E-state index is 13.8. The third-order valence-corrected chi connectivity index (χ3v) is 8.28. The van der Waals surface area contributed by atoms with E-state index in [-0.39, 0.29) is 35.8 Å². The number of pyridine rings is 1. The van der Waals surface area contributed by atoms with Gasteiger partial charge in [-0.1, -0.05) is 68.5 Å². The van der Waals surface area contributed by atoms with Crippen LogP contribution in [0.25, 0.3) is 0 Å². The molecular formula is C32H42F3N5O2. The average Bonchev–Trinajstić information content (AvgIpc) is 3.15. The highest BCUT2D eigenvalue weighted by Crippen LogP contribution is 2.44. The summed E-state index contributed by atoms with van der Waals surface area (Å²) >= 11 is 0. The molecule has 0 radical (unpaired) electrons. The lowest BCUT2D eigenvalue weighted by Crippen LogP contribution is -2.48. The molecule has 0 aromatic carbocycles. The van der Waals surface area contributed by atoms with Crippen LogP contribution in [-0.2, 0) is 9.59 Å². The Labute approximate surface area is 246 Å². The number of primary amides is 1. The number of amides is 2. The number of nitrogens with two attached hydrogens (primary N) is 1. The normalized spacial score (nSPS) is 24.2. The lowest BCUT2D eigenvalue weighted by atomic mass is 9.80. The Morgan fingerprint density at radius 2 is 1.88 bits per heavy atom. The predicted octanol–water partition coefficient (Wildman–Crippen LogP) is 6.31. The summed E-state index contributed by atoms with van der Waals surface area (Å²) in [5.74, 6) is -0.895. The number of alkyl halides is 3. The van der Waals surface area contributed by atoms with Gasteiger partial charge in [0.2, 0.25) is 11.8 Å². The fourth-order valence-electron chi connectivity index (χ4n) is 5.65. The van der Waals surface area contributed by atoms with Crippen LogP contribution in [0.5, 0.6) is 0 Å². The number of halogens is 3. The van der Waals surface area contributed by atoms with E-state index in [9.17, 15) is 22.8 Å². The first kappa shape index (κ1) is 32.7. The molecule has 1 fully saturated rings. The zero-order valence-corrected chi connectivity index (χ0v) is 25.3. The van der Waals surface area contributed by atoms with Crippen molar-refractivity contribution < 1.29 is 22.8 Å². The van der Waals surface area contributed by atoms with Crippen LogP contribution in [0.15, 0.2) is 72.5 Å². The van der Waals surface area contributed by atoms with Crippen molar-refractivity contribution in [3.8, 4) is 0 Å². The van der Waals surface area contributed by atoms with E-state index in [1.54, 1.807) is 42.0 Å². The minimum absolute atomic E-state index is 0.0903. The van der Waals surface area contributed by atoms with Crippen molar-refractivity contribution in [3.63, 3.8) is 0 Å². The molecule has 3 rings (SSSR count). The van der Waals surface area contributed by atoms with Crippen LogP contribution in [-0.4, -0.2) is 48.7 Å². The number of nitrogens with zero attached hydrogens (tertiary/aromatic N) is 4. The van der Waals surface area contributed by atoms with Crippen LogP contribution in [0, 0.1) is 17.8 Å². The van der Waals surface area contributed by atoms with Crippen LogP contribution >= 0.6 is 0 Å². The third kappa shape index (κ3) is 7.14. The van der Waals surface area contributed by atoms with Gasteiger partial charge in [-0.25, -0.2) is 4.98 Å². The molecule has 7 nitrogen and oxygen atoms in total. The summed E-state index contributed by atoms with van der Waals surface area (Å²) in [6, 6.07) is 2.30. The topological polar surface area (TPSA) is 82.8 Å². The molecule has 1 saturated heterocycles. The fourth-order valence-corrected chi connectivity index (χ4v) is 5.65. The molecule has 3 unspecified atom stereocenters. The molecular weight excluding hydrogens is 543 g/mol. The second kappa shape index (κ2) is 13.0. The molecule has 3 heterocycles. The van der Waals surface area contributed by atoms with Crippen molar-refractivity contribution in [2.75, 3.05) is 28.3 Å². The van der Waals surface area contributed by atoms with Crippen molar-refractivity contribution in [2.45, 2.75) is 65.7 Å². The smallest absolute Gasteiger partial charge is 0.369 e. The van der Waals surface area contributed by atoms with Gasteiger partial charge in [-0.3, -0.25) is 14.5 Å². The van der Waals surface area contributed by atoms with Crippen molar-refractivity contribution in [3.05, 3.63) is 72.5 Å². The Kier molecular flexibility index (Phi) is 10.1. The SMILES string of the molecule is C=C(C)/C(C)=C/C/C=C/C1[C@H]([C@H](C)/C=C\CC(N)=O)C(C)C(=O)N1c1ccc2c(n1)N(CC(F)(F)F)C(C)C(=C)N2C. The van der Waals surface area contributed by atoms with Crippen molar-refractivity contribution in [1.82, 2.24) is 4.98 Å². The maximum Gasteiger partial charge on any atom is 0.405 e. The summed E-state index contributed by atoms with van der Waals surface area (Å²) < 4.78 is 40.9. The van der Waals surface area contributed by atoms with E-state index in [0.717, 1.165) is 11.1 Å². The highest BCUT2D eigenvalue weighted by atomic mass is 19.4. The van der Waals surface area contributed by atoms with Gasteiger partial charge in [-0.2, -0.15) is 13.2 Å². The van der Waals surface area contributed by atoms with Crippen molar-refractivity contribution in [1.29, 1.82) is 0 Å². The van der Waals surface area contributed by atoms with Crippen LogP contribution < -0.4 is 20.4 Å². The Bertz CT molecular complexity index is 1320. The molecule has 0 aliphatic carbocycles. The number of carbonyl (C=O) groups is 2. The first-order valence-corrected chi connectivity index (χ1v) is 14.1. The molecule has 0 spiro atoms. The Morgan fingerprint density at radius 3 is 2.48 bits per heavy atom. The second-order valence-electron chi connectivity index (χ2n) is 11.3. The molecule has 42 heavy (non-hydrogen) atoms. The van der Waals surface area contributed by atoms with Gasteiger partial charge in [0.1, 0.15) is 12.4 Å². The predicted molar refractivity (Wildman–Crippen MR) is 163 cm³/mol. The summed E-state index contributed by atoms with van der Waals surface area (Å²) in [7, 11) is 1.75. The highest BCUT2D eigenvalue weighted by molar-refractivity contribution is 5.98. The van der Waals surface area contributed by atoms with Gasteiger partial charge in [-0.15, -0.1) is 0 Å². The largest absolute Gasteiger partial charge is 0.405 e. The zero-order valence-electron chi connectivity index (χ0n) is 25.3. The van der Waals surface area contributed by atoms with Crippen molar-refractivity contribution >= 4 is 29.1 Å². The molecule has 2 N–H and O–H groups in total. The second-order valence-corrected chi connectivity index (χ2v) is 11.3. The maximum atomic E-state index is 13.8. The molecule has 0 saturated carbocycles. The molecule has 5 atom stereocenters. The monoisotopic (exact) mass is 585 g/mol. The number of aromatic nitrogens is 1. The van der Waals surface area contributed by atoms with Gasteiger partial charge in [0.05, 0.1) is 17.8 Å². The quantitative estimate of drug-likeness (QED) is 0.257. The van der Waals surface area contributed by atoms with E-state index in [0.29, 0.717) is 17.8 Å².